The van der Waals surface area contributed by atoms with Crippen LogP contribution in [0.15, 0.2) is 22.4 Å². The molecule has 14 heavy (non-hydrogen) atoms. The van der Waals surface area contributed by atoms with Crippen molar-refractivity contribution in [3.63, 3.8) is 0 Å². The SMILES string of the molecule is O=C(O)c1c(F)ccc2sc(S)cc12. The number of aromatic carboxylic acids is 1. The van der Waals surface area contributed by atoms with Crippen LogP contribution in [-0.4, -0.2) is 11.1 Å². The highest BCUT2D eigenvalue weighted by molar-refractivity contribution is 7.83. The van der Waals surface area contributed by atoms with Crippen LogP contribution in [0.3, 0.4) is 0 Å². The summed E-state index contributed by atoms with van der Waals surface area (Å²) in [6.45, 7) is 0. The Morgan fingerprint density at radius 1 is 1.50 bits per heavy atom. The standard InChI is InChI=1S/C9H5FO2S2/c10-5-1-2-6-4(3-7(13)14-6)8(5)9(11)12/h1-3,13H,(H,11,12). The van der Waals surface area contributed by atoms with Crippen molar-refractivity contribution >= 4 is 40.0 Å². The minimum atomic E-state index is -1.25. The fourth-order valence-electron chi connectivity index (χ4n) is 1.29. The van der Waals surface area contributed by atoms with Gasteiger partial charge in [-0.3, -0.25) is 0 Å². The number of carboxylic acids is 1. The Morgan fingerprint density at radius 2 is 2.21 bits per heavy atom. The van der Waals surface area contributed by atoms with E-state index >= 15 is 0 Å². The van der Waals surface area contributed by atoms with E-state index in [0.717, 1.165) is 10.8 Å². The highest BCUT2D eigenvalue weighted by Crippen LogP contribution is 2.31. The molecule has 0 fully saturated rings. The van der Waals surface area contributed by atoms with Crippen molar-refractivity contribution < 1.29 is 14.3 Å². The number of fused-ring (bicyclic) bond motifs is 1. The number of carboxylic acid groups (broad SMARTS) is 1. The van der Waals surface area contributed by atoms with Crippen molar-refractivity contribution in [2.45, 2.75) is 4.21 Å². The highest BCUT2D eigenvalue weighted by atomic mass is 32.2. The van der Waals surface area contributed by atoms with E-state index in [1.54, 1.807) is 12.1 Å². The van der Waals surface area contributed by atoms with Crippen molar-refractivity contribution in [3.8, 4) is 0 Å². The van der Waals surface area contributed by atoms with Crippen LogP contribution in [0.2, 0.25) is 0 Å². The monoisotopic (exact) mass is 228 g/mol. The molecule has 0 unspecified atom stereocenters. The zero-order valence-corrected chi connectivity index (χ0v) is 8.53. The second-order valence-corrected chi connectivity index (χ2v) is 4.59. The van der Waals surface area contributed by atoms with Crippen molar-refractivity contribution in [2.75, 3.05) is 0 Å². The smallest absolute Gasteiger partial charge is 0.339 e. The van der Waals surface area contributed by atoms with E-state index in [4.69, 9.17) is 5.11 Å². The topological polar surface area (TPSA) is 37.3 Å². The van der Waals surface area contributed by atoms with E-state index in [0.29, 0.717) is 9.60 Å². The van der Waals surface area contributed by atoms with Crippen molar-refractivity contribution in [2.24, 2.45) is 0 Å². The van der Waals surface area contributed by atoms with E-state index in [9.17, 15) is 9.18 Å². The number of thiophene rings is 1. The maximum atomic E-state index is 13.2. The largest absolute Gasteiger partial charge is 0.478 e. The van der Waals surface area contributed by atoms with Crippen molar-refractivity contribution in [1.29, 1.82) is 0 Å². The number of benzene rings is 1. The molecule has 1 heterocycles. The van der Waals surface area contributed by atoms with Gasteiger partial charge in [-0.1, -0.05) is 0 Å². The summed E-state index contributed by atoms with van der Waals surface area (Å²) in [6.07, 6.45) is 0. The Labute approximate surface area is 88.4 Å². The molecule has 1 aromatic heterocycles. The molecule has 0 saturated carbocycles. The molecule has 2 aromatic rings. The Hall–Kier alpha value is -1.07. The van der Waals surface area contributed by atoms with Gasteiger partial charge >= 0.3 is 5.97 Å². The maximum absolute atomic E-state index is 13.2. The van der Waals surface area contributed by atoms with Crippen LogP contribution < -0.4 is 0 Å². The number of carbonyl (C=O) groups is 1. The first-order valence-electron chi connectivity index (χ1n) is 3.74. The third-order valence-electron chi connectivity index (χ3n) is 1.85. The average Bonchev–Trinajstić information content (AvgIpc) is 2.43. The molecule has 0 saturated heterocycles. The van der Waals surface area contributed by atoms with Crippen LogP contribution in [0.1, 0.15) is 10.4 Å². The molecule has 0 aliphatic heterocycles. The Kier molecular flexibility index (Phi) is 2.20. The van der Waals surface area contributed by atoms with Crippen molar-refractivity contribution in [3.05, 3.63) is 29.6 Å². The lowest BCUT2D eigenvalue weighted by Crippen LogP contribution is -2.00. The van der Waals surface area contributed by atoms with E-state index in [2.05, 4.69) is 12.6 Å². The molecule has 0 spiro atoms. The lowest BCUT2D eigenvalue weighted by atomic mass is 10.1. The van der Waals surface area contributed by atoms with Gasteiger partial charge in [-0.05, 0) is 18.2 Å². The Bertz CT molecular complexity index is 519. The normalized spacial score (nSPS) is 10.7. The van der Waals surface area contributed by atoms with Gasteiger partial charge < -0.3 is 5.11 Å². The van der Waals surface area contributed by atoms with Crippen LogP contribution >= 0.6 is 24.0 Å². The molecule has 0 radical (unpaired) electrons. The van der Waals surface area contributed by atoms with Gasteiger partial charge in [0.1, 0.15) is 11.4 Å². The summed E-state index contributed by atoms with van der Waals surface area (Å²) >= 11 is 5.42. The maximum Gasteiger partial charge on any atom is 0.339 e. The number of rotatable bonds is 1. The van der Waals surface area contributed by atoms with Gasteiger partial charge in [0.05, 0.1) is 4.21 Å². The molecule has 0 aliphatic carbocycles. The first-order valence-corrected chi connectivity index (χ1v) is 5.00. The van der Waals surface area contributed by atoms with E-state index in [1.807, 2.05) is 0 Å². The number of thiol groups is 1. The number of hydrogen-bond donors (Lipinski definition) is 2. The van der Waals surface area contributed by atoms with Gasteiger partial charge in [-0.25, -0.2) is 9.18 Å². The second kappa shape index (κ2) is 3.25. The minimum Gasteiger partial charge on any atom is -0.478 e. The first-order chi connectivity index (χ1) is 6.59. The molecular weight excluding hydrogens is 223 g/mol. The molecule has 5 heteroatoms. The van der Waals surface area contributed by atoms with Gasteiger partial charge in [-0.15, -0.1) is 24.0 Å². The summed E-state index contributed by atoms with van der Waals surface area (Å²) < 4.78 is 14.6. The van der Waals surface area contributed by atoms with E-state index in [-0.39, 0.29) is 5.56 Å². The third kappa shape index (κ3) is 1.38. The molecule has 0 bridgehead atoms. The minimum absolute atomic E-state index is 0.279. The van der Waals surface area contributed by atoms with Gasteiger partial charge in [0.25, 0.3) is 0 Å². The van der Waals surface area contributed by atoms with Gasteiger partial charge in [0, 0.05) is 10.1 Å². The predicted octanol–water partition coefficient (Wildman–Crippen LogP) is 3.03. The summed E-state index contributed by atoms with van der Waals surface area (Å²) in [5, 5.41) is 9.22. The van der Waals surface area contributed by atoms with Gasteiger partial charge in [0.2, 0.25) is 0 Å². The zero-order chi connectivity index (χ0) is 10.3. The lowest BCUT2D eigenvalue weighted by Gasteiger charge is -1.98. The second-order valence-electron chi connectivity index (χ2n) is 2.72. The van der Waals surface area contributed by atoms with Crippen LogP contribution in [0.4, 0.5) is 4.39 Å². The first kappa shape index (κ1) is 9.48. The fraction of sp³-hybridized carbons (Fsp3) is 0. The zero-order valence-electron chi connectivity index (χ0n) is 6.82. The highest BCUT2D eigenvalue weighted by Gasteiger charge is 2.15. The molecule has 2 rings (SSSR count). The number of halogens is 1. The number of hydrogen-bond acceptors (Lipinski definition) is 3. The van der Waals surface area contributed by atoms with Crippen molar-refractivity contribution in [1.82, 2.24) is 0 Å². The van der Waals surface area contributed by atoms with E-state index < -0.39 is 11.8 Å². The summed E-state index contributed by atoms with van der Waals surface area (Å²) in [5.41, 5.74) is -0.279. The lowest BCUT2D eigenvalue weighted by molar-refractivity contribution is 0.0694. The van der Waals surface area contributed by atoms with Crippen LogP contribution in [0, 0.1) is 5.82 Å². The van der Waals surface area contributed by atoms with Crippen LogP contribution in [0.25, 0.3) is 10.1 Å². The molecule has 72 valence electrons. The molecule has 0 amide bonds. The fourth-order valence-corrected chi connectivity index (χ4v) is 2.52. The Morgan fingerprint density at radius 3 is 2.86 bits per heavy atom. The molecule has 0 atom stereocenters. The molecular formula is C9H5FO2S2. The summed E-state index contributed by atoms with van der Waals surface area (Å²) in [6, 6.07) is 4.28. The third-order valence-corrected chi connectivity index (χ3v) is 3.16. The summed E-state index contributed by atoms with van der Waals surface area (Å²) in [4.78, 5) is 10.8. The van der Waals surface area contributed by atoms with Crippen LogP contribution in [-0.2, 0) is 0 Å². The quantitative estimate of drug-likeness (QED) is 0.736. The molecule has 2 nitrogen and oxygen atoms in total. The summed E-state index contributed by atoms with van der Waals surface area (Å²) in [7, 11) is 0. The predicted molar refractivity (Wildman–Crippen MR) is 56.0 cm³/mol. The van der Waals surface area contributed by atoms with E-state index in [1.165, 1.54) is 11.3 Å². The Balaban J connectivity index is 2.88. The molecule has 1 aromatic carbocycles. The molecule has 1 N–H and O–H groups in total. The summed E-state index contributed by atoms with van der Waals surface area (Å²) in [5.74, 6) is -1.96. The molecule has 0 aliphatic rings. The van der Waals surface area contributed by atoms with Gasteiger partial charge in [-0.2, -0.15) is 0 Å². The average molecular weight is 228 g/mol. The van der Waals surface area contributed by atoms with Crippen LogP contribution in [0.5, 0.6) is 0 Å². The van der Waals surface area contributed by atoms with Gasteiger partial charge in [0.15, 0.2) is 0 Å².